The third kappa shape index (κ3) is 9.15. The van der Waals surface area contributed by atoms with Crippen molar-refractivity contribution in [3.05, 3.63) is 77.2 Å². The molecular formula is C29H36N4O5. The summed E-state index contributed by atoms with van der Waals surface area (Å²) in [6, 6.07) is 16.7. The zero-order chi connectivity index (χ0) is 27.3. The molecule has 202 valence electrons. The van der Waals surface area contributed by atoms with E-state index in [1.807, 2.05) is 61.5 Å². The van der Waals surface area contributed by atoms with E-state index >= 15 is 0 Å². The highest BCUT2D eigenvalue weighted by molar-refractivity contribution is 5.91. The number of rotatable bonds is 15. The second-order valence-electron chi connectivity index (χ2n) is 9.09. The first-order valence-corrected chi connectivity index (χ1v) is 12.8. The molecule has 2 aromatic carbocycles. The van der Waals surface area contributed by atoms with Crippen LogP contribution >= 0.6 is 0 Å². The zero-order valence-electron chi connectivity index (χ0n) is 22.3. The fraction of sp³-hybridized carbons (Fsp3) is 0.379. The molecular weight excluding hydrogens is 484 g/mol. The number of anilines is 2. The predicted octanol–water partition coefficient (Wildman–Crippen LogP) is 4.14. The summed E-state index contributed by atoms with van der Waals surface area (Å²) in [5.74, 6) is 0.698. The van der Waals surface area contributed by atoms with Crippen LogP contribution < -0.4 is 15.0 Å². The molecule has 3 rings (SSSR count). The topological polar surface area (TPSA) is 114 Å². The van der Waals surface area contributed by atoms with Crippen LogP contribution in [0, 0.1) is 0 Å². The van der Waals surface area contributed by atoms with Gasteiger partial charge in [-0.25, -0.2) is 9.97 Å². The van der Waals surface area contributed by atoms with Gasteiger partial charge in [-0.2, -0.15) is 0 Å². The van der Waals surface area contributed by atoms with E-state index in [1.165, 1.54) is 0 Å². The van der Waals surface area contributed by atoms with Crippen molar-refractivity contribution in [2.45, 2.75) is 39.0 Å². The lowest BCUT2D eigenvalue weighted by Crippen LogP contribution is -2.20. The molecule has 2 N–H and O–H groups in total. The number of carboxylic acid groups (broad SMARTS) is 1. The maximum absolute atomic E-state index is 12.2. The van der Waals surface area contributed by atoms with Gasteiger partial charge in [-0.3, -0.25) is 9.59 Å². The van der Waals surface area contributed by atoms with Crippen LogP contribution in [0.25, 0.3) is 0 Å². The molecule has 0 aliphatic carbocycles. The molecule has 9 heteroatoms. The number of aromatic nitrogens is 2. The van der Waals surface area contributed by atoms with Gasteiger partial charge in [-0.15, -0.1) is 0 Å². The van der Waals surface area contributed by atoms with Crippen molar-refractivity contribution >= 4 is 23.4 Å². The largest absolute Gasteiger partial charge is 0.484 e. The van der Waals surface area contributed by atoms with Gasteiger partial charge in [-0.1, -0.05) is 37.3 Å². The Bertz CT molecular complexity index is 1180. The Kier molecular flexibility index (Phi) is 11.0. The molecule has 0 bridgehead atoms. The van der Waals surface area contributed by atoms with Gasteiger partial charge in [0.25, 0.3) is 5.91 Å². The van der Waals surface area contributed by atoms with E-state index in [1.54, 1.807) is 12.1 Å². The molecule has 0 fully saturated rings. The second-order valence-corrected chi connectivity index (χ2v) is 9.09. The van der Waals surface area contributed by atoms with Gasteiger partial charge < -0.3 is 24.8 Å². The number of hydrogen-bond donors (Lipinski definition) is 2. The summed E-state index contributed by atoms with van der Waals surface area (Å²) < 4.78 is 11.1. The molecule has 0 saturated carbocycles. The maximum atomic E-state index is 12.2. The van der Waals surface area contributed by atoms with Gasteiger partial charge in [-0.05, 0) is 49.1 Å². The highest BCUT2D eigenvalue weighted by Gasteiger charge is 2.19. The van der Waals surface area contributed by atoms with E-state index in [2.05, 4.69) is 12.2 Å². The summed E-state index contributed by atoms with van der Waals surface area (Å²) in [4.78, 5) is 35.1. The third-order valence-electron chi connectivity index (χ3n) is 5.63. The quantitative estimate of drug-likeness (QED) is 0.288. The number of aliphatic carboxylic acids is 1. The number of carbonyl (C=O) groups is 2. The average Bonchev–Trinajstić information content (AvgIpc) is 2.90. The Balaban J connectivity index is 1.69. The highest BCUT2D eigenvalue weighted by Crippen LogP contribution is 2.23. The molecule has 1 aromatic heterocycles. The fourth-order valence-electron chi connectivity index (χ4n) is 3.89. The lowest BCUT2D eigenvalue weighted by atomic mass is 10.1. The van der Waals surface area contributed by atoms with Crippen molar-refractivity contribution in [3.8, 4) is 5.75 Å². The smallest absolute Gasteiger partial charge is 0.308 e. The summed E-state index contributed by atoms with van der Waals surface area (Å²) in [5.41, 5.74) is 3.01. The molecule has 3 aromatic rings. The van der Waals surface area contributed by atoms with Crippen molar-refractivity contribution in [2.24, 2.45) is 0 Å². The number of nitrogens with one attached hydrogen (secondary N) is 1. The van der Waals surface area contributed by atoms with Crippen molar-refractivity contribution in [1.82, 2.24) is 9.97 Å². The number of nitrogens with zero attached hydrogens (tertiary/aromatic N) is 3. The van der Waals surface area contributed by atoms with Crippen LogP contribution in [0.3, 0.4) is 0 Å². The molecule has 0 saturated heterocycles. The minimum absolute atomic E-state index is 0.0815. The van der Waals surface area contributed by atoms with Crippen LogP contribution in [-0.2, 0) is 33.6 Å². The first-order chi connectivity index (χ1) is 18.4. The standard InChI is InChI=1S/C29H36N4O5/c1-4-16-37-17-8-11-25-24(19-28(35)36)29(33(2)3)32-26(31-25)18-21-12-14-22(15-13-21)30-27(34)20-38-23-9-6-5-7-10-23/h5-7,9-10,12-15H,4,8,11,16-20H2,1-3H3,(H,30,34)(H,35,36). The van der Waals surface area contributed by atoms with E-state index in [0.29, 0.717) is 54.7 Å². The van der Waals surface area contributed by atoms with Crippen molar-refractivity contribution in [3.63, 3.8) is 0 Å². The van der Waals surface area contributed by atoms with Gasteiger partial charge in [0, 0.05) is 45.0 Å². The van der Waals surface area contributed by atoms with Gasteiger partial charge in [0.15, 0.2) is 6.61 Å². The van der Waals surface area contributed by atoms with E-state index in [9.17, 15) is 14.7 Å². The van der Waals surface area contributed by atoms with E-state index in [-0.39, 0.29) is 18.9 Å². The normalized spacial score (nSPS) is 10.7. The Hall–Kier alpha value is -3.98. The number of hydrogen-bond acceptors (Lipinski definition) is 7. The molecule has 38 heavy (non-hydrogen) atoms. The molecule has 0 atom stereocenters. The van der Waals surface area contributed by atoms with Crippen LogP contribution in [0.1, 0.15) is 42.4 Å². The maximum Gasteiger partial charge on any atom is 0.308 e. The van der Waals surface area contributed by atoms with Crippen molar-refractivity contribution < 1.29 is 24.2 Å². The van der Waals surface area contributed by atoms with Gasteiger partial charge in [0.2, 0.25) is 0 Å². The monoisotopic (exact) mass is 520 g/mol. The number of aryl methyl sites for hydroxylation is 1. The molecule has 1 amide bonds. The lowest BCUT2D eigenvalue weighted by molar-refractivity contribution is -0.136. The van der Waals surface area contributed by atoms with Crippen molar-refractivity contribution in [1.29, 1.82) is 0 Å². The molecule has 0 aliphatic rings. The van der Waals surface area contributed by atoms with Crippen molar-refractivity contribution in [2.75, 3.05) is 44.1 Å². The van der Waals surface area contributed by atoms with Crippen LogP contribution in [0.15, 0.2) is 54.6 Å². The number of amides is 1. The van der Waals surface area contributed by atoms with E-state index in [0.717, 1.165) is 24.1 Å². The van der Waals surface area contributed by atoms with E-state index in [4.69, 9.17) is 19.4 Å². The lowest BCUT2D eigenvalue weighted by Gasteiger charge is -2.20. The molecule has 0 spiro atoms. The summed E-state index contributed by atoms with van der Waals surface area (Å²) in [6.07, 6.45) is 2.65. The molecule has 0 radical (unpaired) electrons. The van der Waals surface area contributed by atoms with Crippen LogP contribution in [0.2, 0.25) is 0 Å². The molecule has 0 unspecified atom stereocenters. The zero-order valence-corrected chi connectivity index (χ0v) is 22.3. The van der Waals surface area contributed by atoms with Gasteiger partial charge in [0.05, 0.1) is 12.1 Å². The average molecular weight is 521 g/mol. The van der Waals surface area contributed by atoms with Crippen LogP contribution in [-0.4, -0.2) is 60.9 Å². The number of para-hydroxylation sites is 1. The van der Waals surface area contributed by atoms with Crippen LogP contribution in [0.4, 0.5) is 11.5 Å². The second kappa shape index (κ2) is 14.7. The number of carboxylic acids is 1. The summed E-state index contributed by atoms with van der Waals surface area (Å²) >= 11 is 0. The Morgan fingerprint density at radius 1 is 1.00 bits per heavy atom. The Morgan fingerprint density at radius 3 is 2.39 bits per heavy atom. The molecule has 9 nitrogen and oxygen atoms in total. The summed E-state index contributed by atoms with van der Waals surface area (Å²) in [5, 5.41) is 12.3. The Labute approximate surface area is 223 Å². The minimum atomic E-state index is -0.917. The highest BCUT2D eigenvalue weighted by atomic mass is 16.5. The minimum Gasteiger partial charge on any atom is -0.484 e. The first kappa shape index (κ1) is 28.6. The summed E-state index contributed by atoms with van der Waals surface area (Å²) in [7, 11) is 3.70. The SMILES string of the molecule is CCCOCCCc1nc(Cc2ccc(NC(=O)COc3ccccc3)cc2)nc(N(C)C)c1CC(=O)O. The number of benzene rings is 2. The first-order valence-electron chi connectivity index (χ1n) is 12.8. The fourth-order valence-corrected chi connectivity index (χ4v) is 3.89. The van der Waals surface area contributed by atoms with Gasteiger partial charge >= 0.3 is 5.97 Å². The number of ether oxygens (including phenoxy) is 2. The number of carbonyl (C=O) groups excluding carboxylic acids is 1. The molecule has 0 aliphatic heterocycles. The molecule has 1 heterocycles. The third-order valence-corrected chi connectivity index (χ3v) is 5.63. The summed E-state index contributed by atoms with van der Waals surface area (Å²) in [6.45, 7) is 3.28. The Morgan fingerprint density at radius 2 is 1.74 bits per heavy atom. The van der Waals surface area contributed by atoms with Crippen LogP contribution in [0.5, 0.6) is 5.75 Å². The van der Waals surface area contributed by atoms with Gasteiger partial charge in [0.1, 0.15) is 17.4 Å². The predicted molar refractivity (Wildman–Crippen MR) is 147 cm³/mol. The van der Waals surface area contributed by atoms with E-state index < -0.39 is 5.97 Å².